The second-order valence-electron chi connectivity index (χ2n) is 4.31. The van der Waals surface area contributed by atoms with Gasteiger partial charge in [-0.05, 0) is 34.1 Å². The van der Waals surface area contributed by atoms with E-state index >= 15 is 0 Å². The smallest absolute Gasteiger partial charge is 0.163 e. The van der Waals surface area contributed by atoms with E-state index in [4.69, 9.17) is 18.0 Å². The van der Waals surface area contributed by atoms with Crippen LogP contribution in [0.25, 0.3) is 10.9 Å². The number of rotatable bonds is 3. The fraction of sp³-hybridized carbons (Fsp3) is 0. The topological polar surface area (TPSA) is 76.7 Å². The van der Waals surface area contributed by atoms with Gasteiger partial charge in [-0.25, -0.2) is 0 Å². The molecule has 0 amide bonds. The number of hydrogen-bond donors (Lipinski definition) is 2. The van der Waals surface area contributed by atoms with Gasteiger partial charge < -0.3 is 11.1 Å². The van der Waals surface area contributed by atoms with Crippen molar-refractivity contribution in [3.8, 4) is 0 Å². The standard InChI is InChI=1S/C14H10BrN5S/c15-9-6-8-2-1-3-11(12(8)17-7-9)19-14-10(13(16)21)4-5-18-20-14/h1-7H,(H2,16,21)(H,19,20). The van der Waals surface area contributed by atoms with E-state index in [1.807, 2.05) is 24.3 Å². The number of benzene rings is 1. The summed E-state index contributed by atoms with van der Waals surface area (Å²) in [7, 11) is 0. The molecule has 2 heterocycles. The molecule has 0 aliphatic heterocycles. The van der Waals surface area contributed by atoms with Crippen molar-refractivity contribution in [3.63, 3.8) is 0 Å². The van der Waals surface area contributed by atoms with Crippen LogP contribution >= 0.6 is 28.1 Å². The molecule has 21 heavy (non-hydrogen) atoms. The Morgan fingerprint density at radius 2 is 2.14 bits per heavy atom. The Bertz CT molecular complexity index is 836. The van der Waals surface area contributed by atoms with Gasteiger partial charge in [-0.3, -0.25) is 4.98 Å². The highest BCUT2D eigenvalue weighted by atomic mass is 79.9. The van der Waals surface area contributed by atoms with E-state index in [2.05, 4.69) is 36.4 Å². The van der Waals surface area contributed by atoms with Crippen LogP contribution in [-0.2, 0) is 0 Å². The minimum Gasteiger partial charge on any atom is -0.389 e. The number of nitrogens with two attached hydrogens (primary N) is 1. The average molecular weight is 360 g/mol. The van der Waals surface area contributed by atoms with Crippen molar-refractivity contribution in [3.05, 3.63) is 52.8 Å². The molecule has 3 aromatic rings. The molecule has 0 radical (unpaired) electrons. The number of aromatic nitrogens is 3. The number of para-hydroxylation sites is 1. The molecule has 3 N–H and O–H groups in total. The number of thiocarbonyl (C=S) groups is 1. The fourth-order valence-corrected chi connectivity index (χ4v) is 2.50. The quantitative estimate of drug-likeness (QED) is 0.699. The summed E-state index contributed by atoms with van der Waals surface area (Å²) in [6, 6.07) is 9.58. The lowest BCUT2D eigenvalue weighted by Crippen LogP contribution is -2.13. The lowest BCUT2D eigenvalue weighted by atomic mass is 10.2. The number of nitrogens with zero attached hydrogens (tertiary/aromatic N) is 3. The molecule has 7 heteroatoms. The molecule has 0 unspecified atom stereocenters. The van der Waals surface area contributed by atoms with Crippen LogP contribution in [0.4, 0.5) is 11.5 Å². The number of fused-ring (bicyclic) bond motifs is 1. The van der Waals surface area contributed by atoms with Crippen LogP contribution in [0.15, 0.2) is 47.2 Å². The Balaban J connectivity index is 2.09. The molecule has 0 saturated carbocycles. The van der Waals surface area contributed by atoms with E-state index in [1.165, 1.54) is 0 Å². The molecule has 3 rings (SSSR count). The maximum atomic E-state index is 5.70. The van der Waals surface area contributed by atoms with Gasteiger partial charge in [0.15, 0.2) is 5.82 Å². The maximum absolute atomic E-state index is 5.70. The van der Waals surface area contributed by atoms with Crippen molar-refractivity contribution in [1.29, 1.82) is 0 Å². The van der Waals surface area contributed by atoms with Crippen molar-refractivity contribution >= 4 is 55.5 Å². The highest BCUT2D eigenvalue weighted by molar-refractivity contribution is 9.10. The Hall–Kier alpha value is -2.12. The molecule has 0 fully saturated rings. The number of hydrogen-bond acceptors (Lipinski definition) is 5. The summed E-state index contributed by atoms with van der Waals surface area (Å²) < 4.78 is 0.926. The Morgan fingerprint density at radius 3 is 2.95 bits per heavy atom. The number of anilines is 2. The molecule has 0 saturated heterocycles. The minimum atomic E-state index is 0.267. The summed E-state index contributed by atoms with van der Waals surface area (Å²) in [6.07, 6.45) is 3.30. The van der Waals surface area contributed by atoms with Crippen molar-refractivity contribution in [1.82, 2.24) is 15.2 Å². The zero-order valence-corrected chi connectivity index (χ0v) is 13.1. The number of pyridine rings is 1. The highest BCUT2D eigenvalue weighted by Crippen LogP contribution is 2.26. The molecule has 0 aliphatic rings. The molecular formula is C14H10BrN5S. The van der Waals surface area contributed by atoms with Gasteiger partial charge in [-0.15, -0.1) is 5.10 Å². The van der Waals surface area contributed by atoms with Crippen molar-refractivity contribution in [2.75, 3.05) is 5.32 Å². The van der Waals surface area contributed by atoms with Crippen LogP contribution in [-0.4, -0.2) is 20.2 Å². The lowest BCUT2D eigenvalue weighted by molar-refractivity contribution is 1.03. The van der Waals surface area contributed by atoms with Gasteiger partial charge in [0.1, 0.15) is 4.99 Å². The Kier molecular flexibility index (Phi) is 3.76. The molecule has 0 bridgehead atoms. The first-order chi connectivity index (χ1) is 10.1. The third-order valence-electron chi connectivity index (χ3n) is 2.92. The van der Waals surface area contributed by atoms with Crippen LogP contribution in [0, 0.1) is 0 Å². The van der Waals surface area contributed by atoms with Gasteiger partial charge in [0, 0.05) is 16.1 Å². The maximum Gasteiger partial charge on any atom is 0.163 e. The first-order valence-corrected chi connectivity index (χ1v) is 7.28. The predicted octanol–water partition coefficient (Wildman–Crippen LogP) is 3.17. The van der Waals surface area contributed by atoms with Crippen molar-refractivity contribution in [2.24, 2.45) is 5.73 Å². The Morgan fingerprint density at radius 1 is 1.29 bits per heavy atom. The molecule has 0 atom stereocenters. The zero-order chi connectivity index (χ0) is 14.8. The summed E-state index contributed by atoms with van der Waals surface area (Å²) in [5.41, 5.74) is 8.00. The van der Waals surface area contributed by atoms with Crippen LogP contribution in [0.3, 0.4) is 0 Å². The summed E-state index contributed by atoms with van der Waals surface area (Å²) in [4.78, 5) is 4.70. The summed E-state index contributed by atoms with van der Waals surface area (Å²) >= 11 is 8.44. The molecule has 2 aromatic heterocycles. The monoisotopic (exact) mass is 359 g/mol. The van der Waals surface area contributed by atoms with E-state index in [-0.39, 0.29) is 4.99 Å². The van der Waals surface area contributed by atoms with Gasteiger partial charge in [-0.1, -0.05) is 24.4 Å². The molecule has 0 aliphatic carbocycles. The Labute approximate surface area is 134 Å². The molecule has 5 nitrogen and oxygen atoms in total. The summed E-state index contributed by atoms with van der Waals surface area (Å²) in [6.45, 7) is 0. The zero-order valence-electron chi connectivity index (χ0n) is 10.7. The van der Waals surface area contributed by atoms with Gasteiger partial charge in [0.25, 0.3) is 0 Å². The second kappa shape index (κ2) is 5.71. The largest absolute Gasteiger partial charge is 0.389 e. The lowest BCUT2D eigenvalue weighted by Gasteiger charge is -2.11. The van der Waals surface area contributed by atoms with E-state index in [1.54, 1.807) is 18.5 Å². The van der Waals surface area contributed by atoms with E-state index < -0.39 is 0 Å². The van der Waals surface area contributed by atoms with E-state index in [0.29, 0.717) is 11.4 Å². The molecule has 104 valence electrons. The third kappa shape index (κ3) is 2.84. The number of halogens is 1. The molecular weight excluding hydrogens is 350 g/mol. The SMILES string of the molecule is NC(=S)c1ccnnc1Nc1cccc2cc(Br)cnc12. The van der Waals surface area contributed by atoms with Gasteiger partial charge in [0.2, 0.25) is 0 Å². The van der Waals surface area contributed by atoms with Crippen LogP contribution in [0.5, 0.6) is 0 Å². The minimum absolute atomic E-state index is 0.267. The van der Waals surface area contributed by atoms with Gasteiger partial charge in [0.05, 0.1) is 23.0 Å². The highest BCUT2D eigenvalue weighted by Gasteiger charge is 2.09. The first kappa shape index (κ1) is 13.8. The third-order valence-corrected chi connectivity index (χ3v) is 3.57. The molecule has 1 aromatic carbocycles. The van der Waals surface area contributed by atoms with E-state index in [9.17, 15) is 0 Å². The summed E-state index contributed by atoms with van der Waals surface area (Å²) in [5, 5.41) is 12.1. The van der Waals surface area contributed by atoms with Crippen molar-refractivity contribution < 1.29 is 0 Å². The van der Waals surface area contributed by atoms with Gasteiger partial charge in [-0.2, -0.15) is 5.10 Å². The van der Waals surface area contributed by atoms with Crippen LogP contribution < -0.4 is 11.1 Å². The first-order valence-electron chi connectivity index (χ1n) is 6.08. The van der Waals surface area contributed by atoms with Crippen LogP contribution in [0.2, 0.25) is 0 Å². The summed E-state index contributed by atoms with van der Waals surface area (Å²) in [5.74, 6) is 0.516. The fourth-order valence-electron chi connectivity index (χ4n) is 1.99. The predicted molar refractivity (Wildman–Crippen MR) is 90.6 cm³/mol. The van der Waals surface area contributed by atoms with Crippen LogP contribution in [0.1, 0.15) is 5.56 Å². The molecule has 0 spiro atoms. The second-order valence-corrected chi connectivity index (χ2v) is 5.67. The van der Waals surface area contributed by atoms with E-state index in [0.717, 1.165) is 21.1 Å². The van der Waals surface area contributed by atoms with Crippen molar-refractivity contribution in [2.45, 2.75) is 0 Å². The number of nitrogens with one attached hydrogen (secondary N) is 1. The normalized spacial score (nSPS) is 10.5. The average Bonchev–Trinajstić information content (AvgIpc) is 2.47. The van der Waals surface area contributed by atoms with Gasteiger partial charge >= 0.3 is 0 Å².